The second-order valence-electron chi connectivity index (χ2n) is 1.84. The largest absolute Gasteiger partial charge is 0.243 e. The van der Waals surface area contributed by atoms with Crippen LogP contribution in [0.1, 0.15) is 6.92 Å². The molecular formula is C6H7FN2. The molecule has 1 aromatic rings. The molecule has 9 heavy (non-hydrogen) atoms. The Morgan fingerprint density at radius 3 is 2.78 bits per heavy atom. The van der Waals surface area contributed by atoms with Gasteiger partial charge in [-0.3, -0.25) is 0 Å². The Kier molecular flexibility index (Phi) is 1.34. The summed E-state index contributed by atoms with van der Waals surface area (Å²) in [6.07, 6.45) is 2.43. The van der Waals surface area contributed by atoms with E-state index in [2.05, 4.69) is 11.7 Å². The number of nitrogens with zero attached hydrogens (tertiary/aromatic N) is 2. The van der Waals surface area contributed by atoms with Crippen molar-refractivity contribution in [2.45, 2.75) is 6.92 Å². The molecule has 0 saturated heterocycles. The van der Waals surface area contributed by atoms with E-state index in [0.29, 0.717) is 5.70 Å². The highest BCUT2D eigenvalue weighted by atomic mass is 19.1. The molecule has 0 aliphatic rings. The van der Waals surface area contributed by atoms with Crippen molar-refractivity contribution < 1.29 is 4.39 Å². The summed E-state index contributed by atoms with van der Waals surface area (Å²) in [6.45, 7) is 5.33. The summed E-state index contributed by atoms with van der Waals surface area (Å²) >= 11 is 0. The summed E-state index contributed by atoms with van der Waals surface area (Å²) in [5, 5.41) is 3.66. The van der Waals surface area contributed by atoms with Crippen LogP contribution in [0.15, 0.2) is 19.0 Å². The van der Waals surface area contributed by atoms with Crippen molar-refractivity contribution in [3.05, 3.63) is 24.8 Å². The highest BCUT2D eigenvalue weighted by Gasteiger charge is 1.93. The molecule has 0 fully saturated rings. The molecule has 0 spiro atoms. The van der Waals surface area contributed by atoms with E-state index in [0.717, 1.165) is 6.20 Å². The van der Waals surface area contributed by atoms with Gasteiger partial charge in [-0.1, -0.05) is 6.58 Å². The lowest BCUT2D eigenvalue weighted by Gasteiger charge is -1.93. The van der Waals surface area contributed by atoms with Crippen molar-refractivity contribution in [3.8, 4) is 0 Å². The maximum absolute atomic E-state index is 12.2. The Bertz CT molecular complexity index is 227. The van der Waals surface area contributed by atoms with Crippen molar-refractivity contribution in [3.63, 3.8) is 0 Å². The lowest BCUT2D eigenvalue weighted by Crippen LogP contribution is -1.90. The highest BCUT2D eigenvalue weighted by molar-refractivity contribution is 5.35. The van der Waals surface area contributed by atoms with Crippen LogP contribution in [-0.2, 0) is 0 Å². The standard InChI is InChI=1S/C6H7FN2/c1-5(2)9-4-6(7)3-8-9/h3-4H,1H2,2H3. The molecule has 0 N–H and O–H groups in total. The molecule has 48 valence electrons. The third-order valence-corrected chi connectivity index (χ3v) is 0.942. The number of allylic oxidation sites excluding steroid dienone is 1. The zero-order valence-corrected chi connectivity index (χ0v) is 5.13. The summed E-state index contributed by atoms with van der Waals surface area (Å²) in [5.74, 6) is -0.335. The fraction of sp³-hybridized carbons (Fsp3) is 0.167. The molecule has 1 aromatic heterocycles. The first-order chi connectivity index (χ1) is 4.20. The van der Waals surface area contributed by atoms with Crippen LogP contribution in [0, 0.1) is 5.82 Å². The van der Waals surface area contributed by atoms with E-state index < -0.39 is 0 Å². The van der Waals surface area contributed by atoms with Gasteiger partial charge in [0.1, 0.15) is 0 Å². The Labute approximate surface area is 52.6 Å². The van der Waals surface area contributed by atoms with Crippen molar-refractivity contribution in [2.75, 3.05) is 0 Å². The van der Waals surface area contributed by atoms with Crippen molar-refractivity contribution in [1.29, 1.82) is 0 Å². The van der Waals surface area contributed by atoms with E-state index in [1.807, 2.05) is 0 Å². The van der Waals surface area contributed by atoms with Gasteiger partial charge in [0, 0.05) is 5.70 Å². The zero-order valence-electron chi connectivity index (χ0n) is 5.13. The van der Waals surface area contributed by atoms with Crippen LogP contribution < -0.4 is 0 Å². The molecule has 0 unspecified atom stereocenters. The van der Waals surface area contributed by atoms with Gasteiger partial charge in [0.15, 0.2) is 5.82 Å². The van der Waals surface area contributed by atoms with Crippen LogP contribution in [0.3, 0.4) is 0 Å². The van der Waals surface area contributed by atoms with E-state index in [9.17, 15) is 4.39 Å². The number of hydrogen-bond donors (Lipinski definition) is 0. The smallest absolute Gasteiger partial charge is 0.161 e. The first-order valence-electron chi connectivity index (χ1n) is 2.56. The van der Waals surface area contributed by atoms with E-state index >= 15 is 0 Å². The maximum atomic E-state index is 12.2. The summed E-state index contributed by atoms with van der Waals surface area (Å²) in [7, 11) is 0. The van der Waals surface area contributed by atoms with Crippen LogP contribution in [0.2, 0.25) is 0 Å². The number of hydrogen-bond acceptors (Lipinski definition) is 1. The SMILES string of the molecule is C=C(C)n1cc(F)cn1. The Hall–Kier alpha value is -1.12. The number of rotatable bonds is 1. The summed E-state index contributed by atoms with van der Waals surface area (Å²) in [4.78, 5) is 0. The van der Waals surface area contributed by atoms with Gasteiger partial charge in [-0.2, -0.15) is 5.10 Å². The first-order valence-corrected chi connectivity index (χ1v) is 2.56. The number of aromatic nitrogens is 2. The second kappa shape index (κ2) is 2.01. The lowest BCUT2D eigenvalue weighted by atomic mass is 10.6. The second-order valence-corrected chi connectivity index (χ2v) is 1.84. The third kappa shape index (κ3) is 1.16. The normalized spacial score (nSPS) is 9.56. The molecule has 0 bridgehead atoms. The van der Waals surface area contributed by atoms with Gasteiger partial charge in [-0.15, -0.1) is 0 Å². The van der Waals surface area contributed by atoms with Gasteiger partial charge in [0.05, 0.1) is 12.4 Å². The van der Waals surface area contributed by atoms with E-state index in [1.54, 1.807) is 6.92 Å². The molecule has 0 radical (unpaired) electrons. The molecule has 0 aromatic carbocycles. The first kappa shape index (κ1) is 6.01. The molecule has 0 amide bonds. The van der Waals surface area contributed by atoms with Crippen molar-refractivity contribution in [2.24, 2.45) is 0 Å². The Balaban J connectivity index is 2.98. The van der Waals surface area contributed by atoms with Crippen LogP contribution >= 0.6 is 0 Å². The van der Waals surface area contributed by atoms with Crippen molar-refractivity contribution in [1.82, 2.24) is 9.78 Å². The topological polar surface area (TPSA) is 17.8 Å². The molecule has 3 heteroatoms. The molecule has 0 atom stereocenters. The lowest BCUT2D eigenvalue weighted by molar-refractivity contribution is 0.627. The predicted octanol–water partition coefficient (Wildman–Crippen LogP) is 1.51. The van der Waals surface area contributed by atoms with Gasteiger partial charge < -0.3 is 0 Å². The van der Waals surface area contributed by atoms with Gasteiger partial charge in [-0.05, 0) is 6.92 Å². The molecule has 0 aliphatic carbocycles. The van der Waals surface area contributed by atoms with Crippen LogP contribution in [0.4, 0.5) is 4.39 Å². The predicted molar refractivity (Wildman–Crippen MR) is 33.2 cm³/mol. The van der Waals surface area contributed by atoms with Gasteiger partial charge in [0.25, 0.3) is 0 Å². The van der Waals surface area contributed by atoms with E-state index in [-0.39, 0.29) is 5.82 Å². The molecule has 0 aliphatic heterocycles. The monoisotopic (exact) mass is 126 g/mol. The fourth-order valence-corrected chi connectivity index (χ4v) is 0.510. The highest BCUT2D eigenvalue weighted by Crippen LogP contribution is 1.99. The zero-order chi connectivity index (χ0) is 6.85. The number of halogens is 1. The fourth-order valence-electron chi connectivity index (χ4n) is 0.510. The van der Waals surface area contributed by atoms with E-state index in [1.165, 1.54) is 10.9 Å². The Morgan fingerprint density at radius 2 is 2.56 bits per heavy atom. The third-order valence-electron chi connectivity index (χ3n) is 0.942. The molecule has 1 heterocycles. The minimum Gasteiger partial charge on any atom is -0.243 e. The van der Waals surface area contributed by atoms with Crippen LogP contribution in [0.5, 0.6) is 0 Å². The van der Waals surface area contributed by atoms with Crippen LogP contribution in [-0.4, -0.2) is 9.78 Å². The average Bonchev–Trinajstić information content (AvgIpc) is 2.14. The summed E-state index contributed by atoms with van der Waals surface area (Å²) in [5.41, 5.74) is 0.707. The van der Waals surface area contributed by atoms with Gasteiger partial charge >= 0.3 is 0 Å². The van der Waals surface area contributed by atoms with Crippen molar-refractivity contribution >= 4 is 5.70 Å². The average molecular weight is 126 g/mol. The van der Waals surface area contributed by atoms with Gasteiger partial charge in [-0.25, -0.2) is 9.07 Å². The minimum absolute atomic E-state index is 0.335. The molecule has 0 saturated carbocycles. The summed E-state index contributed by atoms with van der Waals surface area (Å²) < 4.78 is 13.5. The quantitative estimate of drug-likeness (QED) is 0.557. The maximum Gasteiger partial charge on any atom is 0.161 e. The molecule has 2 nitrogen and oxygen atoms in total. The molecular weight excluding hydrogens is 119 g/mol. The minimum atomic E-state index is -0.335. The summed E-state index contributed by atoms with van der Waals surface area (Å²) in [6, 6.07) is 0. The van der Waals surface area contributed by atoms with E-state index in [4.69, 9.17) is 0 Å². The Morgan fingerprint density at radius 1 is 1.89 bits per heavy atom. The van der Waals surface area contributed by atoms with Gasteiger partial charge in [0.2, 0.25) is 0 Å². The molecule has 1 rings (SSSR count). The van der Waals surface area contributed by atoms with Crippen LogP contribution in [0.25, 0.3) is 5.70 Å².